The molecule has 0 radical (unpaired) electrons. The van der Waals surface area contributed by atoms with Gasteiger partial charge in [0.1, 0.15) is 12.6 Å². The average Bonchev–Trinajstić information content (AvgIpc) is 3.25. The van der Waals surface area contributed by atoms with E-state index < -0.39 is 51.1 Å². The van der Waals surface area contributed by atoms with E-state index >= 15 is 0 Å². The van der Waals surface area contributed by atoms with E-state index in [1.54, 1.807) is 0 Å². The first-order valence-corrected chi connectivity index (χ1v) is 25.8. The maximum Gasteiger partial charge on any atom is 0.472 e. The summed E-state index contributed by atoms with van der Waals surface area (Å²) in [6.45, 7) is 2.75. The quantitative estimate of drug-likeness (QED) is 0.0230. The van der Waals surface area contributed by atoms with Crippen LogP contribution in [0.4, 0.5) is 0 Å². The number of carbonyl (C=O) groups is 3. The normalized spacial score (nSPS) is 14.1. The highest BCUT2D eigenvalue weighted by Crippen LogP contribution is 2.43. The highest BCUT2D eigenvalue weighted by molar-refractivity contribution is 7.47. The number of phosphoric ester groups is 1. The van der Waals surface area contributed by atoms with Crippen molar-refractivity contribution in [3.05, 3.63) is 60.8 Å². The number of nitrogens with two attached hydrogens (primary N) is 1. The van der Waals surface area contributed by atoms with Gasteiger partial charge in [0.05, 0.1) is 13.2 Å². The third-order valence-electron chi connectivity index (χ3n) is 10.2. The van der Waals surface area contributed by atoms with Crippen LogP contribution >= 0.6 is 7.82 Å². The van der Waals surface area contributed by atoms with Crippen molar-refractivity contribution in [1.82, 2.24) is 0 Å². The number of ether oxygens (including phenoxy) is 2. The van der Waals surface area contributed by atoms with Gasteiger partial charge in [0.25, 0.3) is 0 Å². The lowest BCUT2D eigenvalue weighted by atomic mass is 10.1. The van der Waals surface area contributed by atoms with Crippen LogP contribution in [0.2, 0.25) is 0 Å². The first kappa shape index (κ1) is 59.2. The number of esters is 2. The standard InChI is InChI=1S/C50H88NO10P/c1-3-5-7-9-11-13-15-17-19-21-23-25-27-29-31-33-35-37-39-41-48(52)58-43-46(44-59-62(56,57)60-45-47(51)50(54)55)61-49(53)42-40-38-36-34-32-30-28-26-24-22-20-18-16-14-12-10-8-6-4-2/h11-14,17-20,24,26,46-47H,3-10,15-16,21-23,25,27-45,51H2,1-2H3,(H,54,55)(H,56,57)/b13-11-,14-12-,19-17-,20-18-,26-24-. The van der Waals surface area contributed by atoms with E-state index in [2.05, 4.69) is 79.1 Å². The molecule has 0 bridgehead atoms. The highest BCUT2D eigenvalue weighted by atomic mass is 31.2. The fourth-order valence-corrected chi connectivity index (χ4v) is 7.17. The zero-order valence-corrected chi connectivity index (χ0v) is 39.8. The number of carboxylic acids is 1. The number of unbranched alkanes of at least 4 members (excludes halogenated alkanes) is 21. The topological polar surface area (TPSA) is 172 Å². The second kappa shape index (κ2) is 44.8. The van der Waals surface area contributed by atoms with Crippen molar-refractivity contribution in [3.8, 4) is 0 Å². The Bertz CT molecular complexity index is 1280. The van der Waals surface area contributed by atoms with E-state index in [9.17, 15) is 23.8 Å². The van der Waals surface area contributed by atoms with Crippen LogP contribution < -0.4 is 5.73 Å². The molecule has 0 fully saturated rings. The summed E-state index contributed by atoms with van der Waals surface area (Å²) in [6, 6.07) is -1.53. The lowest BCUT2D eigenvalue weighted by Gasteiger charge is -2.20. The molecule has 358 valence electrons. The Morgan fingerprint density at radius 2 is 0.855 bits per heavy atom. The third kappa shape index (κ3) is 43.8. The molecule has 0 aliphatic carbocycles. The first-order valence-electron chi connectivity index (χ1n) is 24.3. The van der Waals surface area contributed by atoms with Crippen LogP contribution in [-0.4, -0.2) is 59.9 Å². The maximum absolute atomic E-state index is 12.7. The van der Waals surface area contributed by atoms with Gasteiger partial charge in [-0.2, -0.15) is 0 Å². The first-order chi connectivity index (χ1) is 30.1. The Morgan fingerprint density at radius 1 is 0.500 bits per heavy atom. The monoisotopic (exact) mass is 894 g/mol. The number of allylic oxidation sites excluding steroid dienone is 10. The van der Waals surface area contributed by atoms with Gasteiger partial charge >= 0.3 is 25.7 Å². The summed E-state index contributed by atoms with van der Waals surface area (Å²) < 4.78 is 32.8. The van der Waals surface area contributed by atoms with E-state index in [-0.39, 0.29) is 19.4 Å². The number of hydrogen-bond donors (Lipinski definition) is 3. The molecule has 0 aliphatic rings. The van der Waals surface area contributed by atoms with E-state index in [1.807, 2.05) is 0 Å². The largest absolute Gasteiger partial charge is 0.480 e. The molecule has 11 nitrogen and oxygen atoms in total. The van der Waals surface area contributed by atoms with Crippen molar-refractivity contribution in [2.45, 2.75) is 219 Å². The zero-order valence-electron chi connectivity index (χ0n) is 38.9. The summed E-state index contributed by atoms with van der Waals surface area (Å²) in [7, 11) is -4.73. The van der Waals surface area contributed by atoms with E-state index in [0.717, 1.165) is 83.5 Å². The molecule has 0 amide bonds. The minimum atomic E-state index is -4.73. The summed E-state index contributed by atoms with van der Waals surface area (Å²) in [6.07, 6.45) is 52.7. The molecular weight excluding hydrogens is 806 g/mol. The second-order valence-electron chi connectivity index (χ2n) is 16.2. The molecule has 12 heteroatoms. The number of rotatable bonds is 45. The molecule has 0 saturated heterocycles. The van der Waals surface area contributed by atoms with Gasteiger partial charge in [0.2, 0.25) is 0 Å². The number of carbonyl (C=O) groups excluding carboxylic acids is 2. The molecule has 0 saturated carbocycles. The van der Waals surface area contributed by atoms with Crippen LogP contribution in [0.5, 0.6) is 0 Å². The van der Waals surface area contributed by atoms with Crippen molar-refractivity contribution >= 4 is 25.7 Å². The summed E-state index contributed by atoms with van der Waals surface area (Å²) in [4.78, 5) is 46.1. The predicted molar refractivity (Wildman–Crippen MR) is 254 cm³/mol. The SMILES string of the molecule is CCCCC/C=C\C/C=C\C/C=C\CCCCCCCCC(=O)OC(COC(=O)CCCCCCCCCCC/C=C\C/C=C\CCCCC)COP(=O)(O)OCC(N)C(=O)O. The number of aliphatic carboxylic acids is 1. The molecular formula is C50H88NO10P. The van der Waals surface area contributed by atoms with Crippen molar-refractivity contribution in [3.63, 3.8) is 0 Å². The molecule has 0 aliphatic heterocycles. The lowest BCUT2D eigenvalue weighted by Crippen LogP contribution is -2.34. The van der Waals surface area contributed by atoms with Crippen LogP contribution in [0.25, 0.3) is 0 Å². The van der Waals surface area contributed by atoms with Crippen molar-refractivity contribution in [2.75, 3.05) is 19.8 Å². The van der Waals surface area contributed by atoms with Gasteiger partial charge < -0.3 is 25.2 Å². The molecule has 3 unspecified atom stereocenters. The zero-order chi connectivity index (χ0) is 45.6. The molecule has 0 heterocycles. The fraction of sp³-hybridized carbons (Fsp3) is 0.740. The third-order valence-corrected chi connectivity index (χ3v) is 11.2. The van der Waals surface area contributed by atoms with E-state index in [4.69, 9.17) is 24.8 Å². The van der Waals surface area contributed by atoms with Gasteiger partial charge in [0, 0.05) is 12.8 Å². The smallest absolute Gasteiger partial charge is 0.472 e. The number of hydrogen-bond acceptors (Lipinski definition) is 9. The van der Waals surface area contributed by atoms with E-state index in [1.165, 1.54) is 83.5 Å². The van der Waals surface area contributed by atoms with Crippen molar-refractivity contribution in [1.29, 1.82) is 0 Å². The van der Waals surface area contributed by atoms with Crippen LogP contribution in [0.1, 0.15) is 206 Å². The summed E-state index contributed by atoms with van der Waals surface area (Å²) in [5.74, 6) is -2.40. The number of carboxylic acid groups (broad SMARTS) is 1. The second-order valence-corrected chi connectivity index (χ2v) is 17.7. The molecule has 3 atom stereocenters. The molecule has 0 aromatic heterocycles. The Labute approximate surface area is 377 Å². The van der Waals surface area contributed by atoms with Crippen LogP contribution in [0.15, 0.2) is 60.8 Å². The van der Waals surface area contributed by atoms with E-state index in [0.29, 0.717) is 12.8 Å². The van der Waals surface area contributed by atoms with Crippen LogP contribution in [0, 0.1) is 0 Å². The Kier molecular flexibility index (Phi) is 42.7. The van der Waals surface area contributed by atoms with Gasteiger partial charge in [-0.3, -0.25) is 23.4 Å². The summed E-state index contributed by atoms with van der Waals surface area (Å²) in [5.41, 5.74) is 5.35. The minimum absolute atomic E-state index is 0.144. The van der Waals surface area contributed by atoms with Gasteiger partial charge in [-0.25, -0.2) is 4.57 Å². The fourth-order valence-electron chi connectivity index (χ4n) is 6.40. The molecule has 0 aromatic carbocycles. The lowest BCUT2D eigenvalue weighted by molar-refractivity contribution is -0.161. The minimum Gasteiger partial charge on any atom is -0.480 e. The Balaban J connectivity index is 4.33. The molecule has 62 heavy (non-hydrogen) atoms. The summed E-state index contributed by atoms with van der Waals surface area (Å²) in [5, 5.41) is 8.91. The summed E-state index contributed by atoms with van der Waals surface area (Å²) >= 11 is 0. The average molecular weight is 894 g/mol. The van der Waals surface area contributed by atoms with Crippen molar-refractivity contribution in [2.24, 2.45) is 5.73 Å². The van der Waals surface area contributed by atoms with Gasteiger partial charge in [-0.05, 0) is 83.5 Å². The van der Waals surface area contributed by atoms with Gasteiger partial charge in [-0.1, -0.05) is 171 Å². The van der Waals surface area contributed by atoms with Crippen LogP contribution in [0.3, 0.4) is 0 Å². The van der Waals surface area contributed by atoms with Crippen LogP contribution in [-0.2, 0) is 37.5 Å². The highest BCUT2D eigenvalue weighted by Gasteiger charge is 2.28. The molecule has 0 rings (SSSR count). The Hall–Kier alpha value is -2.82. The molecule has 0 aromatic rings. The predicted octanol–water partition coefficient (Wildman–Crippen LogP) is 13.5. The maximum atomic E-state index is 12.7. The van der Waals surface area contributed by atoms with Gasteiger partial charge in [0.15, 0.2) is 6.10 Å². The van der Waals surface area contributed by atoms with Gasteiger partial charge in [-0.15, -0.1) is 0 Å². The molecule has 4 N–H and O–H groups in total. The number of phosphoric acid groups is 1. The Morgan fingerprint density at radius 3 is 1.27 bits per heavy atom. The molecule has 0 spiro atoms. The van der Waals surface area contributed by atoms with Crippen molar-refractivity contribution < 1.29 is 47.5 Å².